The van der Waals surface area contributed by atoms with E-state index in [9.17, 15) is 13.2 Å². The van der Waals surface area contributed by atoms with Crippen molar-refractivity contribution in [1.29, 1.82) is 0 Å². The molecule has 7 heteroatoms. The van der Waals surface area contributed by atoms with Crippen LogP contribution in [0.4, 0.5) is 13.2 Å². The topological polar surface area (TPSA) is 15.3 Å². The van der Waals surface area contributed by atoms with Gasteiger partial charge in [0, 0.05) is 31.1 Å². The molecular weight excluding hydrogens is 333 g/mol. The predicted octanol–water partition coefficient (Wildman–Crippen LogP) is 3.81. The highest BCUT2D eigenvalue weighted by Crippen LogP contribution is 2.36. The SMILES string of the molecule is Fc1cc([C@H](c2ccc(Cl)s2)N2CCNCC2)cc(F)c1F. The van der Waals surface area contributed by atoms with E-state index in [1.165, 1.54) is 11.3 Å². The molecule has 0 saturated carbocycles. The second-order valence-corrected chi connectivity index (χ2v) is 6.88. The number of thiophene rings is 1. The third kappa shape index (κ3) is 3.15. The molecule has 2 aromatic rings. The van der Waals surface area contributed by atoms with Crippen LogP contribution in [-0.4, -0.2) is 31.1 Å². The van der Waals surface area contributed by atoms with E-state index in [2.05, 4.69) is 10.2 Å². The van der Waals surface area contributed by atoms with Gasteiger partial charge in [-0.2, -0.15) is 0 Å². The quantitative estimate of drug-likeness (QED) is 0.850. The fourth-order valence-corrected chi connectivity index (χ4v) is 3.93. The van der Waals surface area contributed by atoms with Gasteiger partial charge in [0.1, 0.15) is 0 Å². The van der Waals surface area contributed by atoms with Crippen molar-refractivity contribution < 1.29 is 13.2 Å². The molecule has 0 amide bonds. The maximum Gasteiger partial charge on any atom is 0.194 e. The van der Waals surface area contributed by atoms with Gasteiger partial charge in [-0.1, -0.05) is 11.6 Å². The van der Waals surface area contributed by atoms with Crippen molar-refractivity contribution >= 4 is 22.9 Å². The third-order valence-corrected chi connectivity index (χ3v) is 4.99. The molecule has 1 aliphatic heterocycles. The van der Waals surface area contributed by atoms with Gasteiger partial charge in [0.2, 0.25) is 0 Å². The van der Waals surface area contributed by atoms with Crippen molar-refractivity contribution in [2.24, 2.45) is 0 Å². The summed E-state index contributed by atoms with van der Waals surface area (Å²) in [7, 11) is 0. The molecule has 0 bridgehead atoms. The number of rotatable bonds is 3. The molecule has 1 aromatic heterocycles. The number of hydrogen-bond donors (Lipinski definition) is 1. The second-order valence-electron chi connectivity index (χ2n) is 5.13. The molecule has 2 heterocycles. The minimum absolute atomic E-state index is 0.329. The summed E-state index contributed by atoms with van der Waals surface area (Å²) in [6.07, 6.45) is 0. The molecule has 3 rings (SSSR count). The standard InChI is InChI=1S/C15H14ClF3N2S/c16-13-2-1-12(22-13)15(21-5-3-20-4-6-21)9-7-10(17)14(19)11(18)8-9/h1-2,7-8,15,20H,3-6H2/t15-/m1/s1. The number of piperazine rings is 1. The average Bonchev–Trinajstić information content (AvgIpc) is 2.92. The highest BCUT2D eigenvalue weighted by Gasteiger charge is 2.27. The Kier molecular flexibility index (Phi) is 4.73. The lowest BCUT2D eigenvalue weighted by Gasteiger charge is -2.34. The van der Waals surface area contributed by atoms with Gasteiger partial charge in [0.25, 0.3) is 0 Å². The van der Waals surface area contributed by atoms with E-state index in [1.54, 1.807) is 6.07 Å². The van der Waals surface area contributed by atoms with Crippen LogP contribution in [-0.2, 0) is 0 Å². The van der Waals surface area contributed by atoms with Gasteiger partial charge in [-0.15, -0.1) is 11.3 Å². The first kappa shape index (κ1) is 15.8. The molecule has 0 radical (unpaired) electrons. The molecule has 22 heavy (non-hydrogen) atoms. The summed E-state index contributed by atoms with van der Waals surface area (Å²) >= 11 is 7.36. The maximum absolute atomic E-state index is 13.6. The van der Waals surface area contributed by atoms with E-state index in [0.717, 1.165) is 43.2 Å². The minimum Gasteiger partial charge on any atom is -0.314 e. The zero-order valence-corrected chi connectivity index (χ0v) is 13.2. The first-order valence-corrected chi connectivity index (χ1v) is 8.10. The Bertz CT molecular complexity index is 648. The molecule has 118 valence electrons. The van der Waals surface area contributed by atoms with Crippen molar-refractivity contribution in [3.8, 4) is 0 Å². The second kappa shape index (κ2) is 6.58. The lowest BCUT2D eigenvalue weighted by atomic mass is 10.0. The van der Waals surface area contributed by atoms with Crippen LogP contribution < -0.4 is 5.32 Å². The van der Waals surface area contributed by atoms with Crippen molar-refractivity contribution in [3.63, 3.8) is 0 Å². The fraction of sp³-hybridized carbons (Fsp3) is 0.333. The largest absolute Gasteiger partial charge is 0.314 e. The van der Waals surface area contributed by atoms with Gasteiger partial charge in [-0.3, -0.25) is 4.90 Å². The molecule has 1 saturated heterocycles. The van der Waals surface area contributed by atoms with Crippen LogP contribution >= 0.6 is 22.9 Å². The van der Waals surface area contributed by atoms with Gasteiger partial charge < -0.3 is 5.32 Å². The van der Waals surface area contributed by atoms with Gasteiger partial charge in [0.15, 0.2) is 17.5 Å². The number of nitrogens with one attached hydrogen (secondary N) is 1. The summed E-state index contributed by atoms with van der Waals surface area (Å²) in [5, 5.41) is 3.24. The Morgan fingerprint density at radius 2 is 1.73 bits per heavy atom. The minimum atomic E-state index is -1.44. The van der Waals surface area contributed by atoms with Crippen molar-refractivity contribution in [2.75, 3.05) is 26.2 Å². The van der Waals surface area contributed by atoms with Crippen LogP contribution in [0.5, 0.6) is 0 Å². The van der Waals surface area contributed by atoms with Crippen LogP contribution in [0.3, 0.4) is 0 Å². The molecule has 1 atom stereocenters. The van der Waals surface area contributed by atoms with E-state index in [4.69, 9.17) is 11.6 Å². The molecule has 0 aliphatic carbocycles. The van der Waals surface area contributed by atoms with Gasteiger partial charge in [-0.25, -0.2) is 13.2 Å². The summed E-state index contributed by atoms with van der Waals surface area (Å²) in [5.41, 5.74) is 0.400. The highest BCUT2D eigenvalue weighted by atomic mass is 35.5. The van der Waals surface area contributed by atoms with E-state index in [-0.39, 0.29) is 6.04 Å². The van der Waals surface area contributed by atoms with Crippen LogP contribution in [0.2, 0.25) is 4.34 Å². The van der Waals surface area contributed by atoms with Crippen molar-refractivity contribution in [1.82, 2.24) is 10.2 Å². The number of nitrogens with zero attached hydrogens (tertiary/aromatic N) is 1. The van der Waals surface area contributed by atoms with Crippen molar-refractivity contribution in [2.45, 2.75) is 6.04 Å². The smallest absolute Gasteiger partial charge is 0.194 e. The molecule has 1 fully saturated rings. The molecule has 0 spiro atoms. The van der Waals surface area contributed by atoms with Crippen LogP contribution in [0, 0.1) is 17.5 Å². The Hall–Kier alpha value is -1.08. The maximum atomic E-state index is 13.6. The van der Waals surface area contributed by atoms with E-state index in [0.29, 0.717) is 9.90 Å². The molecule has 1 aromatic carbocycles. The van der Waals surface area contributed by atoms with Crippen LogP contribution in [0.25, 0.3) is 0 Å². The Morgan fingerprint density at radius 3 is 2.27 bits per heavy atom. The fourth-order valence-electron chi connectivity index (χ4n) is 2.70. The molecule has 2 nitrogen and oxygen atoms in total. The lowest BCUT2D eigenvalue weighted by Crippen LogP contribution is -2.45. The number of benzene rings is 1. The Balaban J connectivity index is 2.04. The van der Waals surface area contributed by atoms with E-state index >= 15 is 0 Å². The monoisotopic (exact) mass is 346 g/mol. The van der Waals surface area contributed by atoms with Gasteiger partial charge in [-0.05, 0) is 29.8 Å². The molecular formula is C15H14ClF3N2S. The molecule has 1 N–H and O–H groups in total. The third-order valence-electron chi connectivity index (χ3n) is 3.70. The van der Waals surface area contributed by atoms with Gasteiger partial charge >= 0.3 is 0 Å². The Labute approximate surface area is 135 Å². The van der Waals surface area contributed by atoms with E-state index < -0.39 is 17.5 Å². The lowest BCUT2D eigenvalue weighted by molar-refractivity contribution is 0.200. The summed E-state index contributed by atoms with van der Waals surface area (Å²) < 4.78 is 41.1. The molecule has 0 unspecified atom stereocenters. The summed E-state index contributed by atoms with van der Waals surface area (Å²) in [5.74, 6) is -3.78. The predicted molar refractivity (Wildman–Crippen MR) is 81.9 cm³/mol. The van der Waals surface area contributed by atoms with E-state index in [1.807, 2.05) is 6.07 Å². The average molecular weight is 347 g/mol. The number of halogens is 4. The zero-order chi connectivity index (χ0) is 15.7. The first-order chi connectivity index (χ1) is 10.6. The summed E-state index contributed by atoms with van der Waals surface area (Å²) in [4.78, 5) is 3.00. The van der Waals surface area contributed by atoms with Crippen LogP contribution in [0.1, 0.15) is 16.5 Å². The molecule has 1 aliphatic rings. The van der Waals surface area contributed by atoms with Gasteiger partial charge in [0.05, 0.1) is 10.4 Å². The Morgan fingerprint density at radius 1 is 1.09 bits per heavy atom. The number of hydrogen-bond acceptors (Lipinski definition) is 3. The highest BCUT2D eigenvalue weighted by molar-refractivity contribution is 7.16. The van der Waals surface area contributed by atoms with Crippen molar-refractivity contribution in [3.05, 3.63) is 56.5 Å². The zero-order valence-electron chi connectivity index (χ0n) is 11.6. The van der Waals surface area contributed by atoms with Crippen LogP contribution in [0.15, 0.2) is 24.3 Å². The first-order valence-electron chi connectivity index (χ1n) is 6.90. The normalized spacial score (nSPS) is 17.6. The summed E-state index contributed by atoms with van der Waals surface area (Å²) in [6.45, 7) is 3.06. The summed E-state index contributed by atoms with van der Waals surface area (Å²) in [6, 6.07) is 5.41.